The minimum absolute atomic E-state index is 0.0947. The van der Waals surface area contributed by atoms with Gasteiger partial charge in [-0.05, 0) is 48.1 Å². The van der Waals surface area contributed by atoms with Crippen LogP contribution in [0.4, 0.5) is 24.5 Å². The topological polar surface area (TPSA) is 137 Å². The molecule has 10 nitrogen and oxygen atoms in total. The molecule has 2 N–H and O–H groups in total. The zero-order valence-electron chi connectivity index (χ0n) is 25.6. The normalized spacial score (nSPS) is 14.9. The molecule has 6 rings (SSSR count). The molecule has 0 radical (unpaired) electrons. The van der Waals surface area contributed by atoms with Crippen LogP contribution in [-0.4, -0.2) is 37.3 Å². The first-order valence-corrected chi connectivity index (χ1v) is 14.6. The molecular weight excluding hydrogens is 595 g/mol. The second-order valence-corrected chi connectivity index (χ2v) is 12.8. The molecule has 1 atom stereocenters. The van der Waals surface area contributed by atoms with Crippen LogP contribution in [0.25, 0.3) is 21.8 Å². The fraction of sp³-hybridized carbons (Fsp3) is 0.333. The third-order valence-corrected chi connectivity index (χ3v) is 8.33. The van der Waals surface area contributed by atoms with E-state index < -0.39 is 17.8 Å². The lowest BCUT2D eigenvalue weighted by Gasteiger charge is -2.23. The van der Waals surface area contributed by atoms with Crippen molar-refractivity contribution >= 4 is 33.2 Å². The van der Waals surface area contributed by atoms with E-state index in [1.165, 1.54) is 23.0 Å². The van der Waals surface area contributed by atoms with Gasteiger partial charge in [0.05, 0.1) is 40.1 Å². The number of hydrogen-bond acceptors (Lipinski definition) is 8. The molecule has 5 aromatic rings. The van der Waals surface area contributed by atoms with Crippen LogP contribution in [0.1, 0.15) is 62.0 Å². The number of nitrogens with one attached hydrogen (secondary N) is 2. The lowest BCUT2D eigenvalue weighted by molar-refractivity contribution is -0.182. The number of hydrogen-bond donors (Lipinski definition) is 2. The molecule has 0 amide bonds. The van der Waals surface area contributed by atoms with Gasteiger partial charge in [0.15, 0.2) is 5.54 Å². The van der Waals surface area contributed by atoms with Crippen molar-refractivity contribution in [1.29, 1.82) is 10.5 Å². The Hall–Kier alpha value is -5.43. The van der Waals surface area contributed by atoms with Crippen LogP contribution >= 0.6 is 0 Å². The zero-order valence-corrected chi connectivity index (χ0v) is 25.6. The number of nitriles is 2. The predicted molar refractivity (Wildman–Crippen MR) is 167 cm³/mol. The lowest BCUT2D eigenvalue weighted by Crippen LogP contribution is -2.35. The number of alkyl halides is 3. The summed E-state index contributed by atoms with van der Waals surface area (Å²) in [4.78, 5) is 16.8. The molecule has 1 saturated carbocycles. The molecule has 46 heavy (non-hydrogen) atoms. The predicted octanol–water partition coefficient (Wildman–Crippen LogP) is 6.13. The quantitative estimate of drug-likeness (QED) is 0.220. The van der Waals surface area contributed by atoms with Crippen LogP contribution in [0, 0.1) is 28.1 Å². The third kappa shape index (κ3) is 5.28. The average Bonchev–Trinajstić information content (AvgIpc) is 3.70. The van der Waals surface area contributed by atoms with Gasteiger partial charge in [0.2, 0.25) is 0 Å². The maximum atomic E-state index is 14.0. The molecule has 13 heteroatoms. The van der Waals surface area contributed by atoms with E-state index in [0.717, 1.165) is 4.68 Å². The first-order chi connectivity index (χ1) is 21.8. The molecule has 234 valence electrons. The minimum Gasteiger partial charge on any atom is -0.383 e. The first-order valence-electron chi connectivity index (χ1n) is 14.6. The Balaban J connectivity index is 1.54. The highest BCUT2D eigenvalue weighted by molar-refractivity contribution is 5.99. The van der Waals surface area contributed by atoms with Crippen LogP contribution < -0.4 is 16.2 Å². The van der Waals surface area contributed by atoms with Gasteiger partial charge in [-0.2, -0.15) is 23.7 Å². The fourth-order valence-electron chi connectivity index (χ4n) is 5.64. The monoisotopic (exact) mass is 625 g/mol. The fourth-order valence-corrected chi connectivity index (χ4v) is 5.64. The van der Waals surface area contributed by atoms with Crippen molar-refractivity contribution < 1.29 is 13.2 Å². The van der Waals surface area contributed by atoms with Gasteiger partial charge in [0.1, 0.15) is 17.8 Å². The molecule has 0 bridgehead atoms. The van der Waals surface area contributed by atoms with Gasteiger partial charge in [0.25, 0.3) is 5.56 Å². The van der Waals surface area contributed by atoms with E-state index in [0.29, 0.717) is 50.9 Å². The van der Waals surface area contributed by atoms with Crippen molar-refractivity contribution in [2.45, 2.75) is 51.4 Å². The number of benzene rings is 2. The molecule has 3 heterocycles. The van der Waals surface area contributed by atoms with Crippen LogP contribution in [0.5, 0.6) is 0 Å². The smallest absolute Gasteiger partial charge is 0.383 e. The Morgan fingerprint density at radius 1 is 1.04 bits per heavy atom. The summed E-state index contributed by atoms with van der Waals surface area (Å²) in [6, 6.07) is 15.3. The number of rotatable bonds is 7. The molecule has 1 aliphatic carbocycles. The van der Waals surface area contributed by atoms with Gasteiger partial charge in [-0.15, -0.1) is 5.10 Å². The lowest BCUT2D eigenvalue weighted by atomic mass is 9.96. The number of nitrogens with zero attached hydrogens (tertiary/aromatic N) is 7. The van der Waals surface area contributed by atoms with Gasteiger partial charge in [-0.1, -0.05) is 38.1 Å². The van der Waals surface area contributed by atoms with Crippen molar-refractivity contribution in [1.82, 2.24) is 24.5 Å². The highest BCUT2D eigenvalue weighted by Crippen LogP contribution is 2.55. The first kappa shape index (κ1) is 30.6. The number of aromatic nitrogens is 5. The molecule has 0 unspecified atom stereocenters. The van der Waals surface area contributed by atoms with E-state index in [4.69, 9.17) is 0 Å². The molecule has 0 aliphatic heterocycles. The van der Waals surface area contributed by atoms with Crippen molar-refractivity contribution in [2.24, 2.45) is 12.5 Å². The van der Waals surface area contributed by atoms with Crippen LogP contribution in [0.2, 0.25) is 0 Å². The third-order valence-electron chi connectivity index (χ3n) is 8.33. The van der Waals surface area contributed by atoms with Crippen molar-refractivity contribution in [2.75, 3.05) is 17.2 Å². The number of fused-ring (bicyclic) bond motifs is 2. The van der Waals surface area contributed by atoms with Crippen molar-refractivity contribution in [3.05, 3.63) is 87.6 Å². The van der Waals surface area contributed by atoms with Crippen LogP contribution in [0.15, 0.2) is 59.7 Å². The summed E-state index contributed by atoms with van der Waals surface area (Å²) >= 11 is 0. The van der Waals surface area contributed by atoms with E-state index in [1.54, 1.807) is 43.4 Å². The van der Waals surface area contributed by atoms with Crippen LogP contribution in [0.3, 0.4) is 0 Å². The summed E-state index contributed by atoms with van der Waals surface area (Å²) in [6.07, 6.45) is -1.96. The summed E-state index contributed by atoms with van der Waals surface area (Å²) in [6.45, 7) is 6.67. The molecule has 0 spiro atoms. The Morgan fingerprint density at radius 3 is 2.43 bits per heavy atom. The second kappa shape index (κ2) is 10.9. The summed E-state index contributed by atoms with van der Waals surface area (Å²) < 4.78 is 44.4. The molecule has 3 aromatic heterocycles. The minimum atomic E-state index is -4.50. The van der Waals surface area contributed by atoms with Crippen LogP contribution in [-0.2, 0) is 12.6 Å². The zero-order chi connectivity index (χ0) is 33.0. The average molecular weight is 626 g/mol. The van der Waals surface area contributed by atoms with Crippen molar-refractivity contribution in [3.63, 3.8) is 0 Å². The van der Waals surface area contributed by atoms with E-state index in [9.17, 15) is 28.5 Å². The van der Waals surface area contributed by atoms with E-state index in [-0.39, 0.29) is 35.1 Å². The summed E-state index contributed by atoms with van der Waals surface area (Å²) in [5, 5.41) is 36.1. The Kier molecular flexibility index (Phi) is 7.23. The maximum absolute atomic E-state index is 14.0. The highest BCUT2D eigenvalue weighted by atomic mass is 19.4. The molecule has 1 fully saturated rings. The Labute approximate surface area is 262 Å². The van der Waals surface area contributed by atoms with Gasteiger partial charge < -0.3 is 15.2 Å². The Bertz CT molecular complexity index is 2140. The summed E-state index contributed by atoms with van der Waals surface area (Å²) in [5.74, 6) is 0. The standard InChI is InChI=1S/C33H30F3N9O/c1-31(2,3)18-40-29-20(15-38)16-39-28-19(14-37)12-21(13-24(28)29)41-30(23-6-5-7-26-22(23)8-9-27(46)44(26)4)25-17-45(43-42-25)32(10-11-32)33(34,35)36/h5-9,12-13,16-17,30,41H,10-11,18H2,1-4H3,(H,39,40)/t30-/m0/s1. The largest absolute Gasteiger partial charge is 0.413 e. The Morgan fingerprint density at radius 2 is 1.78 bits per heavy atom. The number of aryl methyl sites for hydroxylation is 1. The molecule has 2 aromatic carbocycles. The maximum Gasteiger partial charge on any atom is 0.413 e. The molecular formula is C33H30F3N9O. The molecule has 1 aliphatic rings. The number of anilines is 2. The van der Waals surface area contributed by atoms with Gasteiger partial charge in [-0.25, -0.2) is 4.68 Å². The second-order valence-electron chi connectivity index (χ2n) is 12.8. The van der Waals surface area contributed by atoms with E-state index >= 15 is 0 Å². The highest BCUT2D eigenvalue weighted by Gasteiger charge is 2.66. The summed E-state index contributed by atoms with van der Waals surface area (Å²) in [7, 11) is 1.64. The van der Waals surface area contributed by atoms with E-state index in [2.05, 4.69) is 38.1 Å². The SMILES string of the molecule is Cn1c(=O)ccc2c([C@H](Nc3cc(C#N)c4ncc(C#N)c(NCC(C)(C)C)c4c3)c3cn(C4(C(F)(F)F)CC4)nn3)cccc21. The van der Waals surface area contributed by atoms with E-state index in [1.807, 2.05) is 20.8 Å². The number of pyridine rings is 2. The van der Waals surface area contributed by atoms with Gasteiger partial charge in [-0.3, -0.25) is 9.78 Å². The molecule has 0 saturated heterocycles. The van der Waals surface area contributed by atoms with Gasteiger partial charge >= 0.3 is 6.18 Å². The summed E-state index contributed by atoms with van der Waals surface area (Å²) in [5.41, 5.74) is 0.907. The van der Waals surface area contributed by atoms with Crippen molar-refractivity contribution in [3.8, 4) is 12.1 Å². The number of halogens is 3. The van der Waals surface area contributed by atoms with Gasteiger partial charge in [0, 0.05) is 42.3 Å².